The maximum absolute atomic E-state index is 12.7. The second-order valence-electron chi connectivity index (χ2n) is 6.35. The van der Waals surface area contributed by atoms with Crippen molar-refractivity contribution >= 4 is 28.6 Å². The topological polar surface area (TPSA) is 37.3 Å². The van der Waals surface area contributed by atoms with E-state index in [-0.39, 0.29) is 5.91 Å². The molecule has 0 aliphatic heterocycles. The highest BCUT2D eigenvalue weighted by molar-refractivity contribution is 7.09. The fraction of sp³-hybridized carbons (Fsp3) is 0.250. The van der Waals surface area contributed by atoms with E-state index in [1.54, 1.807) is 11.3 Å². The molecule has 0 radical (unpaired) electrons. The smallest absolute Gasteiger partial charge is 0.257 e. The Morgan fingerprint density at radius 1 is 1.16 bits per heavy atom. The van der Waals surface area contributed by atoms with Gasteiger partial charge in [-0.15, -0.1) is 11.3 Å². The largest absolute Gasteiger partial charge is 0.378 e. The number of thiophene rings is 1. The van der Waals surface area contributed by atoms with Crippen molar-refractivity contribution in [3.63, 3.8) is 0 Å². The summed E-state index contributed by atoms with van der Waals surface area (Å²) in [4.78, 5) is 16.0. The minimum absolute atomic E-state index is 0.0665. The summed E-state index contributed by atoms with van der Waals surface area (Å²) in [6, 6.07) is 14.0. The Morgan fingerprint density at radius 3 is 2.48 bits per heavy atom. The predicted molar refractivity (Wildman–Crippen MR) is 106 cm³/mol. The summed E-state index contributed by atoms with van der Waals surface area (Å²) in [7, 11) is 3.99. The van der Waals surface area contributed by atoms with E-state index in [0.29, 0.717) is 0 Å². The molecule has 3 aromatic rings. The fourth-order valence-electron chi connectivity index (χ4n) is 2.87. The third kappa shape index (κ3) is 3.77. The molecule has 0 aliphatic carbocycles. The van der Waals surface area contributed by atoms with Crippen LogP contribution in [0.15, 0.2) is 47.8 Å². The molecule has 0 unspecified atom stereocenters. The van der Waals surface area contributed by atoms with Crippen LogP contribution >= 0.6 is 11.3 Å². The Labute approximate surface area is 152 Å². The average Bonchev–Trinajstić information content (AvgIpc) is 3.19. The number of hydrogen-bond donors (Lipinski definition) is 1. The number of nitrogens with zero attached hydrogens (tertiary/aromatic N) is 2. The van der Waals surface area contributed by atoms with Crippen molar-refractivity contribution < 1.29 is 4.79 Å². The maximum Gasteiger partial charge on any atom is 0.257 e. The Balaban J connectivity index is 1.78. The highest BCUT2D eigenvalue weighted by Crippen LogP contribution is 2.21. The summed E-state index contributed by atoms with van der Waals surface area (Å²) in [5.41, 5.74) is 4.73. The van der Waals surface area contributed by atoms with Gasteiger partial charge in [-0.25, -0.2) is 0 Å². The summed E-state index contributed by atoms with van der Waals surface area (Å²) >= 11 is 1.73. The first-order valence-corrected chi connectivity index (χ1v) is 9.11. The zero-order valence-corrected chi connectivity index (χ0v) is 15.9. The van der Waals surface area contributed by atoms with Crippen LogP contribution in [0.1, 0.15) is 26.6 Å². The molecule has 1 amide bonds. The van der Waals surface area contributed by atoms with E-state index in [1.165, 1.54) is 4.88 Å². The molecule has 0 saturated carbocycles. The number of carbonyl (C=O) groups is 1. The molecule has 0 atom stereocenters. The zero-order chi connectivity index (χ0) is 18.0. The molecule has 2 heterocycles. The van der Waals surface area contributed by atoms with Crippen LogP contribution in [0.25, 0.3) is 0 Å². The van der Waals surface area contributed by atoms with Crippen molar-refractivity contribution in [1.29, 1.82) is 0 Å². The van der Waals surface area contributed by atoms with E-state index in [4.69, 9.17) is 0 Å². The van der Waals surface area contributed by atoms with Gasteiger partial charge in [0.25, 0.3) is 5.91 Å². The molecule has 1 aromatic carbocycles. The van der Waals surface area contributed by atoms with Crippen LogP contribution in [0.3, 0.4) is 0 Å². The average molecular weight is 353 g/mol. The highest BCUT2D eigenvalue weighted by Gasteiger charge is 2.16. The molecule has 4 nitrogen and oxygen atoms in total. The monoisotopic (exact) mass is 353 g/mol. The normalized spacial score (nSPS) is 10.7. The molecule has 1 N–H and O–H groups in total. The van der Waals surface area contributed by atoms with Gasteiger partial charge in [-0.3, -0.25) is 4.79 Å². The fourth-order valence-corrected chi connectivity index (χ4v) is 3.57. The van der Waals surface area contributed by atoms with Gasteiger partial charge in [0, 0.05) is 41.7 Å². The molecule has 0 saturated heterocycles. The standard InChI is InChI=1S/C20H23N3OS/c1-14-12-19(15(2)23(14)13-18-6-5-11-25-18)20(24)21-16-7-9-17(10-8-16)22(3)4/h5-12H,13H2,1-4H3,(H,21,24). The van der Waals surface area contributed by atoms with Crippen LogP contribution in [0.4, 0.5) is 11.4 Å². The lowest BCUT2D eigenvalue weighted by Crippen LogP contribution is -2.14. The van der Waals surface area contributed by atoms with E-state index >= 15 is 0 Å². The van der Waals surface area contributed by atoms with Crippen LogP contribution in [-0.2, 0) is 6.54 Å². The lowest BCUT2D eigenvalue weighted by molar-refractivity contribution is 0.102. The highest BCUT2D eigenvalue weighted by atomic mass is 32.1. The Kier molecular flexibility index (Phi) is 4.95. The van der Waals surface area contributed by atoms with Gasteiger partial charge in [-0.1, -0.05) is 6.07 Å². The van der Waals surface area contributed by atoms with Crippen molar-refractivity contribution in [1.82, 2.24) is 4.57 Å². The number of benzene rings is 1. The maximum atomic E-state index is 12.7. The van der Waals surface area contributed by atoms with E-state index in [2.05, 4.69) is 27.4 Å². The SMILES string of the molecule is Cc1cc(C(=O)Nc2ccc(N(C)C)cc2)c(C)n1Cc1cccs1. The molecular weight excluding hydrogens is 330 g/mol. The Bertz CT molecular complexity index is 861. The van der Waals surface area contributed by atoms with Crippen molar-refractivity contribution in [3.05, 3.63) is 69.7 Å². The molecule has 25 heavy (non-hydrogen) atoms. The molecular formula is C20H23N3OS. The van der Waals surface area contributed by atoms with Gasteiger partial charge in [0.15, 0.2) is 0 Å². The van der Waals surface area contributed by atoms with Gasteiger partial charge >= 0.3 is 0 Å². The summed E-state index contributed by atoms with van der Waals surface area (Å²) < 4.78 is 2.19. The first-order valence-electron chi connectivity index (χ1n) is 8.23. The predicted octanol–water partition coefficient (Wildman–Crippen LogP) is 4.53. The van der Waals surface area contributed by atoms with Crippen LogP contribution < -0.4 is 10.2 Å². The van der Waals surface area contributed by atoms with Crippen LogP contribution in [-0.4, -0.2) is 24.6 Å². The minimum atomic E-state index is -0.0665. The number of aromatic nitrogens is 1. The number of amides is 1. The lowest BCUT2D eigenvalue weighted by atomic mass is 10.2. The van der Waals surface area contributed by atoms with E-state index in [0.717, 1.165) is 34.9 Å². The summed E-state index contributed by atoms with van der Waals surface area (Å²) in [5.74, 6) is -0.0665. The molecule has 0 bridgehead atoms. The summed E-state index contributed by atoms with van der Waals surface area (Å²) in [6.07, 6.45) is 0. The third-order valence-electron chi connectivity index (χ3n) is 4.35. The van der Waals surface area contributed by atoms with Crippen LogP contribution in [0, 0.1) is 13.8 Å². The number of hydrogen-bond acceptors (Lipinski definition) is 3. The number of carbonyl (C=O) groups excluding carboxylic acids is 1. The number of nitrogens with one attached hydrogen (secondary N) is 1. The third-order valence-corrected chi connectivity index (χ3v) is 5.22. The van der Waals surface area contributed by atoms with Crippen molar-refractivity contribution in [2.45, 2.75) is 20.4 Å². The first-order chi connectivity index (χ1) is 12.0. The van der Waals surface area contributed by atoms with Gasteiger partial charge < -0.3 is 14.8 Å². The summed E-state index contributed by atoms with van der Waals surface area (Å²) in [5, 5.41) is 5.07. The van der Waals surface area contributed by atoms with Gasteiger partial charge in [0.05, 0.1) is 12.1 Å². The molecule has 5 heteroatoms. The molecule has 0 fully saturated rings. The second-order valence-corrected chi connectivity index (χ2v) is 7.38. The van der Waals surface area contributed by atoms with E-state index < -0.39 is 0 Å². The number of aryl methyl sites for hydroxylation is 1. The summed E-state index contributed by atoms with van der Waals surface area (Å²) in [6.45, 7) is 4.86. The van der Waals surface area contributed by atoms with Gasteiger partial charge in [0.2, 0.25) is 0 Å². The van der Waals surface area contributed by atoms with Crippen molar-refractivity contribution in [2.24, 2.45) is 0 Å². The lowest BCUT2D eigenvalue weighted by Gasteiger charge is -2.13. The minimum Gasteiger partial charge on any atom is -0.378 e. The molecule has 0 aliphatic rings. The quantitative estimate of drug-likeness (QED) is 0.731. The van der Waals surface area contributed by atoms with Gasteiger partial charge in [-0.05, 0) is 55.6 Å². The van der Waals surface area contributed by atoms with Crippen LogP contribution in [0.5, 0.6) is 0 Å². The Hall–Kier alpha value is -2.53. The molecule has 2 aromatic heterocycles. The van der Waals surface area contributed by atoms with Crippen molar-refractivity contribution in [3.8, 4) is 0 Å². The molecule has 3 rings (SSSR count). The number of anilines is 2. The van der Waals surface area contributed by atoms with Gasteiger partial charge in [0.1, 0.15) is 0 Å². The molecule has 130 valence electrons. The van der Waals surface area contributed by atoms with Crippen molar-refractivity contribution in [2.75, 3.05) is 24.3 Å². The van der Waals surface area contributed by atoms with Crippen LogP contribution in [0.2, 0.25) is 0 Å². The first kappa shape index (κ1) is 17.3. The van der Waals surface area contributed by atoms with E-state index in [9.17, 15) is 4.79 Å². The zero-order valence-electron chi connectivity index (χ0n) is 15.0. The Morgan fingerprint density at radius 2 is 1.88 bits per heavy atom. The van der Waals surface area contributed by atoms with Gasteiger partial charge in [-0.2, -0.15) is 0 Å². The number of rotatable bonds is 5. The second kappa shape index (κ2) is 7.15. The molecule has 0 spiro atoms. The van der Waals surface area contributed by atoms with E-state index in [1.807, 2.05) is 63.2 Å².